The zero-order chi connectivity index (χ0) is 15.9. The van der Waals surface area contributed by atoms with Crippen LogP contribution in [0, 0.1) is 11.7 Å². The molecular formula is C17H23FN2O2. The number of hydrogen-bond acceptors (Lipinski definition) is 2. The summed E-state index contributed by atoms with van der Waals surface area (Å²) in [7, 11) is 0. The zero-order valence-corrected chi connectivity index (χ0v) is 13.0. The minimum absolute atomic E-state index is 0.0221. The van der Waals surface area contributed by atoms with Crippen molar-refractivity contribution in [1.82, 2.24) is 10.2 Å². The van der Waals surface area contributed by atoms with Crippen LogP contribution in [0.2, 0.25) is 0 Å². The number of carbonyl (C=O) groups excluding carboxylic acids is 2. The highest BCUT2D eigenvalue weighted by Crippen LogP contribution is 2.18. The largest absolute Gasteiger partial charge is 0.356 e. The minimum atomic E-state index is -0.259. The molecule has 1 aliphatic rings. The van der Waals surface area contributed by atoms with Gasteiger partial charge in [0.1, 0.15) is 5.82 Å². The predicted octanol–water partition coefficient (Wildman–Crippen LogP) is 2.13. The number of amides is 2. The van der Waals surface area contributed by atoms with Gasteiger partial charge in [0, 0.05) is 26.1 Å². The number of unbranched alkanes of at least 4 members (excludes halogenated alkanes) is 1. The van der Waals surface area contributed by atoms with E-state index in [0.717, 1.165) is 18.4 Å². The molecule has 0 aromatic heterocycles. The van der Waals surface area contributed by atoms with Crippen LogP contribution in [0.1, 0.15) is 31.7 Å². The van der Waals surface area contributed by atoms with E-state index in [1.165, 1.54) is 12.1 Å². The van der Waals surface area contributed by atoms with Crippen LogP contribution >= 0.6 is 0 Å². The maximum atomic E-state index is 12.8. The molecule has 0 saturated carbocycles. The topological polar surface area (TPSA) is 49.4 Å². The fraction of sp³-hybridized carbons (Fsp3) is 0.529. The van der Waals surface area contributed by atoms with Gasteiger partial charge in [-0.2, -0.15) is 0 Å². The smallest absolute Gasteiger partial charge is 0.225 e. The molecule has 1 aromatic rings. The van der Waals surface area contributed by atoms with E-state index in [4.69, 9.17) is 0 Å². The van der Waals surface area contributed by atoms with Crippen molar-refractivity contribution in [2.24, 2.45) is 5.92 Å². The van der Waals surface area contributed by atoms with Crippen molar-refractivity contribution < 1.29 is 14.0 Å². The molecular weight excluding hydrogens is 283 g/mol. The predicted molar refractivity (Wildman–Crippen MR) is 82.7 cm³/mol. The molecule has 1 saturated heterocycles. The van der Waals surface area contributed by atoms with E-state index >= 15 is 0 Å². The molecule has 1 fully saturated rings. The normalized spacial score (nSPS) is 17.8. The Kier molecular flexibility index (Phi) is 5.92. The number of carbonyl (C=O) groups is 2. The standard InChI is InChI=1S/C17H23FN2O2/c1-2-3-9-19-17(22)14-11-16(21)20(12-14)10-8-13-4-6-15(18)7-5-13/h4-7,14H,2-3,8-12H2,1H3,(H,19,22)/t14-/m0/s1. The highest BCUT2D eigenvalue weighted by atomic mass is 19.1. The van der Waals surface area contributed by atoms with Crippen LogP contribution in [-0.2, 0) is 16.0 Å². The molecule has 0 unspecified atom stereocenters. The molecule has 2 rings (SSSR count). The summed E-state index contributed by atoms with van der Waals surface area (Å²) < 4.78 is 12.8. The van der Waals surface area contributed by atoms with Crippen LogP contribution in [0.4, 0.5) is 4.39 Å². The first kappa shape index (κ1) is 16.5. The number of benzene rings is 1. The fourth-order valence-corrected chi connectivity index (χ4v) is 2.61. The Labute approximate surface area is 130 Å². The Bertz CT molecular complexity index is 516. The second-order valence-corrected chi connectivity index (χ2v) is 5.76. The molecule has 5 heteroatoms. The lowest BCUT2D eigenvalue weighted by Crippen LogP contribution is -2.34. The summed E-state index contributed by atoms with van der Waals surface area (Å²) in [5.41, 5.74) is 0.991. The molecule has 0 radical (unpaired) electrons. The summed E-state index contributed by atoms with van der Waals surface area (Å²) in [6.07, 6.45) is 2.96. The summed E-state index contributed by atoms with van der Waals surface area (Å²) in [4.78, 5) is 25.7. The first-order valence-corrected chi connectivity index (χ1v) is 7.90. The third-order valence-electron chi connectivity index (χ3n) is 4.00. The van der Waals surface area contributed by atoms with Crippen molar-refractivity contribution in [1.29, 1.82) is 0 Å². The van der Waals surface area contributed by atoms with Crippen molar-refractivity contribution in [2.45, 2.75) is 32.6 Å². The minimum Gasteiger partial charge on any atom is -0.356 e. The highest BCUT2D eigenvalue weighted by molar-refractivity contribution is 5.89. The molecule has 0 bridgehead atoms. The van der Waals surface area contributed by atoms with Gasteiger partial charge in [-0.15, -0.1) is 0 Å². The molecule has 1 aromatic carbocycles. The third kappa shape index (κ3) is 4.55. The Hall–Kier alpha value is -1.91. The Morgan fingerprint density at radius 2 is 2.09 bits per heavy atom. The van der Waals surface area contributed by atoms with E-state index in [-0.39, 0.29) is 23.5 Å². The Morgan fingerprint density at radius 1 is 1.36 bits per heavy atom. The average Bonchev–Trinajstić information content (AvgIpc) is 2.88. The van der Waals surface area contributed by atoms with Gasteiger partial charge < -0.3 is 10.2 Å². The van der Waals surface area contributed by atoms with E-state index in [9.17, 15) is 14.0 Å². The summed E-state index contributed by atoms with van der Waals surface area (Å²) >= 11 is 0. The van der Waals surface area contributed by atoms with Crippen LogP contribution in [0.5, 0.6) is 0 Å². The molecule has 22 heavy (non-hydrogen) atoms. The number of rotatable bonds is 7. The quantitative estimate of drug-likeness (QED) is 0.785. The number of nitrogens with zero attached hydrogens (tertiary/aromatic N) is 1. The Morgan fingerprint density at radius 3 is 2.77 bits per heavy atom. The summed E-state index contributed by atoms with van der Waals surface area (Å²) in [5.74, 6) is -0.494. The lowest BCUT2D eigenvalue weighted by Gasteiger charge is -2.16. The first-order valence-electron chi connectivity index (χ1n) is 7.90. The Balaban J connectivity index is 1.79. The van der Waals surface area contributed by atoms with E-state index < -0.39 is 0 Å². The first-order chi connectivity index (χ1) is 10.6. The average molecular weight is 306 g/mol. The van der Waals surface area contributed by atoms with Crippen molar-refractivity contribution in [3.05, 3.63) is 35.6 Å². The van der Waals surface area contributed by atoms with Gasteiger partial charge in [-0.05, 0) is 30.5 Å². The molecule has 0 aliphatic carbocycles. The van der Waals surface area contributed by atoms with E-state index in [2.05, 4.69) is 12.2 Å². The van der Waals surface area contributed by atoms with Crippen LogP contribution < -0.4 is 5.32 Å². The molecule has 4 nitrogen and oxygen atoms in total. The third-order valence-corrected chi connectivity index (χ3v) is 4.00. The van der Waals surface area contributed by atoms with E-state index in [0.29, 0.717) is 32.5 Å². The molecule has 1 heterocycles. The van der Waals surface area contributed by atoms with Gasteiger partial charge in [0.25, 0.3) is 0 Å². The molecule has 0 spiro atoms. The van der Waals surface area contributed by atoms with Gasteiger partial charge in [0.15, 0.2) is 0 Å². The SMILES string of the molecule is CCCCNC(=O)[C@H]1CC(=O)N(CCc2ccc(F)cc2)C1. The van der Waals surface area contributed by atoms with Crippen LogP contribution in [0.25, 0.3) is 0 Å². The van der Waals surface area contributed by atoms with Crippen LogP contribution in [-0.4, -0.2) is 36.3 Å². The molecule has 120 valence electrons. The van der Waals surface area contributed by atoms with Gasteiger partial charge in [0.2, 0.25) is 11.8 Å². The lowest BCUT2D eigenvalue weighted by molar-refractivity contribution is -0.129. The van der Waals surface area contributed by atoms with Gasteiger partial charge in [-0.3, -0.25) is 9.59 Å². The monoisotopic (exact) mass is 306 g/mol. The van der Waals surface area contributed by atoms with Gasteiger partial charge in [-0.1, -0.05) is 25.5 Å². The second-order valence-electron chi connectivity index (χ2n) is 5.76. The maximum Gasteiger partial charge on any atom is 0.225 e. The van der Waals surface area contributed by atoms with Crippen LogP contribution in [0.15, 0.2) is 24.3 Å². The summed E-state index contributed by atoms with van der Waals surface area (Å²) in [6, 6.07) is 6.30. The number of likely N-dealkylation sites (tertiary alicyclic amines) is 1. The van der Waals surface area contributed by atoms with Crippen LogP contribution in [0.3, 0.4) is 0 Å². The molecule has 1 N–H and O–H groups in total. The maximum absolute atomic E-state index is 12.8. The van der Waals surface area contributed by atoms with Gasteiger partial charge >= 0.3 is 0 Å². The molecule has 1 aliphatic heterocycles. The lowest BCUT2D eigenvalue weighted by atomic mass is 10.1. The van der Waals surface area contributed by atoms with Crippen molar-refractivity contribution >= 4 is 11.8 Å². The zero-order valence-electron chi connectivity index (χ0n) is 13.0. The second kappa shape index (κ2) is 7.92. The molecule has 2 amide bonds. The van der Waals surface area contributed by atoms with Gasteiger partial charge in [0.05, 0.1) is 5.92 Å². The summed E-state index contributed by atoms with van der Waals surface area (Å²) in [6.45, 7) is 3.80. The van der Waals surface area contributed by atoms with Crippen molar-refractivity contribution in [3.63, 3.8) is 0 Å². The van der Waals surface area contributed by atoms with Gasteiger partial charge in [-0.25, -0.2) is 4.39 Å². The van der Waals surface area contributed by atoms with Crippen molar-refractivity contribution in [2.75, 3.05) is 19.6 Å². The highest BCUT2D eigenvalue weighted by Gasteiger charge is 2.33. The van der Waals surface area contributed by atoms with E-state index in [1.54, 1.807) is 17.0 Å². The number of hydrogen-bond donors (Lipinski definition) is 1. The summed E-state index contributed by atoms with van der Waals surface area (Å²) in [5, 5.41) is 2.89. The van der Waals surface area contributed by atoms with E-state index in [1.807, 2.05) is 0 Å². The molecule has 1 atom stereocenters. The fourth-order valence-electron chi connectivity index (χ4n) is 2.61. The van der Waals surface area contributed by atoms with Crippen molar-refractivity contribution in [3.8, 4) is 0 Å². The number of nitrogens with one attached hydrogen (secondary N) is 1. The number of halogens is 1.